The number of pyridine rings is 1. The molecule has 1 aliphatic rings. The Morgan fingerprint density at radius 3 is 3.10 bits per heavy atom. The van der Waals surface area contributed by atoms with Gasteiger partial charge in [-0.3, -0.25) is 9.78 Å². The van der Waals surface area contributed by atoms with E-state index in [-0.39, 0.29) is 5.91 Å². The molecule has 1 atom stereocenters. The zero-order valence-corrected chi connectivity index (χ0v) is 17.3. The number of benzene rings is 1. The highest BCUT2D eigenvalue weighted by Crippen LogP contribution is 2.29. The molecule has 0 N–H and O–H groups in total. The number of aromatic nitrogens is 3. The molecule has 1 aromatic carbocycles. The van der Waals surface area contributed by atoms with E-state index >= 15 is 0 Å². The second kappa shape index (κ2) is 7.97. The van der Waals surface area contributed by atoms with Crippen LogP contribution in [0.1, 0.15) is 23.1 Å². The number of thiophene rings is 1. The van der Waals surface area contributed by atoms with Crippen LogP contribution in [0.3, 0.4) is 0 Å². The molecule has 8 heteroatoms. The fraction of sp³-hybridized carbons (Fsp3) is 0.273. The average molecular weight is 420 g/mol. The molecule has 7 nitrogen and oxygen atoms in total. The second-order valence-electron chi connectivity index (χ2n) is 7.31. The molecule has 1 saturated heterocycles. The van der Waals surface area contributed by atoms with Crippen molar-refractivity contribution in [1.82, 2.24) is 20.0 Å². The normalized spacial score (nSPS) is 16.8. The Bertz CT molecular complexity index is 1190. The molecule has 30 heavy (non-hydrogen) atoms. The fourth-order valence-corrected chi connectivity index (χ4v) is 4.54. The minimum absolute atomic E-state index is 0.0778. The minimum Gasteiger partial charge on any atom is -0.365 e. The van der Waals surface area contributed by atoms with E-state index in [0.29, 0.717) is 43.5 Å². The maximum atomic E-state index is 13.0. The molecular weight excluding hydrogens is 400 g/mol. The topological polar surface area (TPSA) is 81.4 Å². The van der Waals surface area contributed by atoms with Crippen LogP contribution in [0.4, 0.5) is 0 Å². The van der Waals surface area contributed by atoms with Gasteiger partial charge in [-0.15, -0.1) is 11.3 Å². The zero-order chi connectivity index (χ0) is 20.5. The van der Waals surface area contributed by atoms with Gasteiger partial charge < -0.3 is 14.2 Å². The van der Waals surface area contributed by atoms with Crippen molar-refractivity contribution in [2.24, 2.45) is 0 Å². The molecule has 152 valence electrons. The van der Waals surface area contributed by atoms with Gasteiger partial charge in [0, 0.05) is 17.4 Å². The maximum absolute atomic E-state index is 13.0. The van der Waals surface area contributed by atoms with Gasteiger partial charge in [0.05, 0.1) is 19.6 Å². The lowest BCUT2D eigenvalue weighted by atomic mass is 10.1. The SMILES string of the molecule is Cc1ccc2scc(CC(=O)N3CCO[C@@H](c4nc(-c5ccccn5)no4)C3)c2c1. The molecule has 1 fully saturated rings. The summed E-state index contributed by atoms with van der Waals surface area (Å²) in [6.45, 7) is 3.45. The summed E-state index contributed by atoms with van der Waals surface area (Å²) >= 11 is 1.67. The number of aryl methyl sites for hydroxylation is 1. The molecule has 5 rings (SSSR count). The first kappa shape index (κ1) is 18.9. The molecule has 0 aliphatic carbocycles. The molecule has 0 saturated carbocycles. The first-order valence-corrected chi connectivity index (χ1v) is 10.7. The second-order valence-corrected chi connectivity index (χ2v) is 8.22. The van der Waals surface area contributed by atoms with Crippen LogP contribution in [0.25, 0.3) is 21.6 Å². The van der Waals surface area contributed by atoms with Gasteiger partial charge in [0.2, 0.25) is 11.7 Å². The number of rotatable bonds is 4. The van der Waals surface area contributed by atoms with Crippen LogP contribution in [-0.2, 0) is 16.0 Å². The first-order chi connectivity index (χ1) is 14.7. The van der Waals surface area contributed by atoms with Crippen LogP contribution in [0.2, 0.25) is 0 Å². The van der Waals surface area contributed by atoms with Crippen molar-refractivity contribution in [2.75, 3.05) is 19.7 Å². The summed E-state index contributed by atoms with van der Waals surface area (Å²) in [5.41, 5.74) is 2.90. The molecule has 0 spiro atoms. The van der Waals surface area contributed by atoms with Gasteiger partial charge >= 0.3 is 0 Å². The minimum atomic E-state index is -0.436. The summed E-state index contributed by atoms with van der Waals surface area (Å²) in [7, 11) is 0. The van der Waals surface area contributed by atoms with Crippen LogP contribution < -0.4 is 0 Å². The third kappa shape index (κ3) is 3.71. The number of morpholine rings is 1. The van der Waals surface area contributed by atoms with Gasteiger partial charge in [-0.05, 0) is 41.5 Å². The molecule has 0 unspecified atom stereocenters. The molecule has 0 bridgehead atoms. The van der Waals surface area contributed by atoms with Crippen molar-refractivity contribution in [1.29, 1.82) is 0 Å². The Balaban J connectivity index is 1.30. The Labute approximate surface area is 177 Å². The summed E-state index contributed by atoms with van der Waals surface area (Å²) in [5.74, 6) is 0.858. The standard InChI is InChI=1S/C22H20N4O3S/c1-14-5-6-19-16(10-14)15(13-30-19)11-20(27)26-8-9-28-18(12-26)22-24-21(25-29-22)17-4-2-3-7-23-17/h2-7,10,13,18H,8-9,11-12H2,1H3/t18-/m1/s1. The number of carbonyl (C=O) groups is 1. The molecule has 0 radical (unpaired) electrons. The third-order valence-electron chi connectivity index (χ3n) is 5.18. The van der Waals surface area contributed by atoms with Crippen molar-refractivity contribution in [3.63, 3.8) is 0 Å². The number of hydrogen-bond acceptors (Lipinski definition) is 7. The van der Waals surface area contributed by atoms with Gasteiger partial charge in [0.25, 0.3) is 5.89 Å². The predicted octanol–water partition coefficient (Wildman–Crippen LogP) is 3.80. The van der Waals surface area contributed by atoms with Crippen molar-refractivity contribution >= 4 is 27.3 Å². The summed E-state index contributed by atoms with van der Waals surface area (Å²) in [5, 5.41) is 7.25. The van der Waals surface area contributed by atoms with E-state index in [2.05, 4.69) is 45.6 Å². The number of hydrogen-bond donors (Lipinski definition) is 0. The smallest absolute Gasteiger partial charge is 0.257 e. The average Bonchev–Trinajstić information content (AvgIpc) is 3.42. The number of fused-ring (bicyclic) bond motifs is 1. The van der Waals surface area contributed by atoms with E-state index in [1.807, 2.05) is 23.1 Å². The lowest BCUT2D eigenvalue weighted by Gasteiger charge is -2.31. The number of nitrogens with zero attached hydrogens (tertiary/aromatic N) is 4. The van der Waals surface area contributed by atoms with Crippen LogP contribution >= 0.6 is 11.3 Å². The summed E-state index contributed by atoms with van der Waals surface area (Å²) in [6, 6.07) is 11.9. The number of carbonyl (C=O) groups excluding carboxylic acids is 1. The molecular formula is C22H20N4O3S. The lowest BCUT2D eigenvalue weighted by molar-refractivity contribution is -0.139. The van der Waals surface area contributed by atoms with Crippen LogP contribution in [0.15, 0.2) is 52.5 Å². The highest BCUT2D eigenvalue weighted by atomic mass is 32.1. The molecule has 3 aromatic heterocycles. The van der Waals surface area contributed by atoms with Gasteiger partial charge in [0.15, 0.2) is 6.10 Å². The maximum Gasteiger partial charge on any atom is 0.257 e. The zero-order valence-electron chi connectivity index (χ0n) is 16.4. The summed E-state index contributed by atoms with van der Waals surface area (Å²) in [6.07, 6.45) is 1.62. The molecule has 1 amide bonds. The van der Waals surface area contributed by atoms with E-state index in [1.54, 1.807) is 17.5 Å². The quantitative estimate of drug-likeness (QED) is 0.500. The van der Waals surface area contributed by atoms with Gasteiger partial charge in [-0.2, -0.15) is 4.98 Å². The van der Waals surface area contributed by atoms with Crippen molar-refractivity contribution < 1.29 is 14.1 Å². The molecule has 4 heterocycles. The Morgan fingerprint density at radius 1 is 1.30 bits per heavy atom. The van der Waals surface area contributed by atoms with Crippen LogP contribution in [0, 0.1) is 6.92 Å². The van der Waals surface area contributed by atoms with Gasteiger partial charge in [-0.25, -0.2) is 0 Å². The largest absolute Gasteiger partial charge is 0.365 e. The monoisotopic (exact) mass is 420 g/mol. The van der Waals surface area contributed by atoms with E-state index < -0.39 is 6.10 Å². The predicted molar refractivity (Wildman–Crippen MR) is 113 cm³/mol. The highest BCUT2D eigenvalue weighted by Gasteiger charge is 2.30. The lowest BCUT2D eigenvalue weighted by Crippen LogP contribution is -2.43. The summed E-state index contributed by atoms with van der Waals surface area (Å²) < 4.78 is 12.4. The van der Waals surface area contributed by atoms with E-state index in [1.165, 1.54) is 10.3 Å². The third-order valence-corrected chi connectivity index (χ3v) is 6.19. The Kier molecular flexibility index (Phi) is 5.02. The van der Waals surface area contributed by atoms with Crippen LogP contribution in [-0.4, -0.2) is 45.6 Å². The highest BCUT2D eigenvalue weighted by molar-refractivity contribution is 7.17. The Hall–Kier alpha value is -3.10. The van der Waals surface area contributed by atoms with E-state index in [9.17, 15) is 4.79 Å². The van der Waals surface area contributed by atoms with Crippen LogP contribution in [0.5, 0.6) is 0 Å². The number of ether oxygens (including phenoxy) is 1. The van der Waals surface area contributed by atoms with Gasteiger partial charge in [0.1, 0.15) is 5.69 Å². The fourth-order valence-electron chi connectivity index (χ4n) is 3.60. The molecule has 1 aliphatic heterocycles. The number of amides is 1. The van der Waals surface area contributed by atoms with E-state index in [4.69, 9.17) is 9.26 Å². The molecule has 4 aromatic rings. The Morgan fingerprint density at radius 2 is 2.23 bits per heavy atom. The van der Waals surface area contributed by atoms with Crippen molar-refractivity contribution in [3.05, 3.63) is 65.0 Å². The summed E-state index contributed by atoms with van der Waals surface area (Å²) in [4.78, 5) is 23.5. The van der Waals surface area contributed by atoms with Crippen molar-refractivity contribution in [3.8, 4) is 11.5 Å². The van der Waals surface area contributed by atoms with Gasteiger partial charge in [-0.1, -0.05) is 28.9 Å². The van der Waals surface area contributed by atoms with Crippen molar-refractivity contribution in [2.45, 2.75) is 19.4 Å². The first-order valence-electron chi connectivity index (χ1n) is 9.78. The van der Waals surface area contributed by atoms with E-state index in [0.717, 1.165) is 10.9 Å².